The summed E-state index contributed by atoms with van der Waals surface area (Å²) in [6, 6.07) is 6.30. The van der Waals surface area contributed by atoms with Gasteiger partial charge in [0.15, 0.2) is 5.96 Å². The number of rotatable bonds is 4. The van der Waals surface area contributed by atoms with Gasteiger partial charge in [0.2, 0.25) is 0 Å². The van der Waals surface area contributed by atoms with Gasteiger partial charge in [-0.25, -0.2) is 0 Å². The molecule has 4 nitrogen and oxygen atoms in total. The monoisotopic (exact) mass is 431 g/mol. The minimum atomic E-state index is 0. The van der Waals surface area contributed by atoms with Crippen LogP contribution >= 0.6 is 24.0 Å². The topological polar surface area (TPSA) is 59.6 Å². The Kier molecular flexibility index (Phi) is 8.33. The lowest BCUT2D eigenvalue weighted by molar-refractivity contribution is -0.0491. The number of aryl methyl sites for hydroxylation is 2. The Morgan fingerprint density at radius 3 is 2.57 bits per heavy atom. The molecule has 130 valence electrons. The minimum Gasteiger partial charge on any atom is -0.378 e. The van der Waals surface area contributed by atoms with Gasteiger partial charge in [-0.05, 0) is 55.9 Å². The van der Waals surface area contributed by atoms with E-state index in [2.05, 4.69) is 56.2 Å². The molecule has 1 aliphatic rings. The van der Waals surface area contributed by atoms with E-state index in [9.17, 15) is 0 Å². The van der Waals surface area contributed by atoms with Gasteiger partial charge in [0.25, 0.3) is 0 Å². The first kappa shape index (κ1) is 20.2. The molecule has 0 radical (unpaired) electrons. The molecule has 1 heterocycles. The van der Waals surface area contributed by atoms with E-state index < -0.39 is 0 Å². The van der Waals surface area contributed by atoms with Gasteiger partial charge in [-0.15, -0.1) is 24.0 Å². The number of aliphatic imine (C=N–C) groups is 1. The summed E-state index contributed by atoms with van der Waals surface area (Å²) < 4.78 is 5.90. The number of ether oxygens (including phenoxy) is 1. The first-order valence-electron chi connectivity index (χ1n) is 8.22. The Bertz CT molecular complexity index is 511. The normalized spacial score (nSPS) is 21.9. The van der Waals surface area contributed by atoms with Gasteiger partial charge in [0.05, 0.1) is 6.10 Å². The van der Waals surface area contributed by atoms with Crippen molar-refractivity contribution in [2.24, 2.45) is 22.6 Å². The maximum atomic E-state index is 6.04. The number of benzene rings is 1. The molecule has 2 rings (SSSR count). The Labute approximate surface area is 157 Å². The highest BCUT2D eigenvalue weighted by molar-refractivity contribution is 14.0. The summed E-state index contributed by atoms with van der Waals surface area (Å²) >= 11 is 0. The summed E-state index contributed by atoms with van der Waals surface area (Å²) in [5, 5.41) is 3.19. The summed E-state index contributed by atoms with van der Waals surface area (Å²) in [6.45, 7) is 10.2. The number of anilines is 1. The molecule has 1 fully saturated rings. The van der Waals surface area contributed by atoms with Gasteiger partial charge >= 0.3 is 0 Å². The first-order chi connectivity index (χ1) is 10.5. The van der Waals surface area contributed by atoms with Crippen molar-refractivity contribution in [3.05, 3.63) is 29.3 Å². The summed E-state index contributed by atoms with van der Waals surface area (Å²) in [5.74, 6) is 1.47. The van der Waals surface area contributed by atoms with Crippen LogP contribution in [0.3, 0.4) is 0 Å². The lowest BCUT2D eigenvalue weighted by atomic mass is 9.87. The second kappa shape index (κ2) is 9.47. The van der Waals surface area contributed by atoms with Crippen molar-refractivity contribution in [3.8, 4) is 0 Å². The number of nitrogens with one attached hydrogen (secondary N) is 1. The van der Waals surface area contributed by atoms with E-state index in [1.54, 1.807) is 0 Å². The average Bonchev–Trinajstić information content (AvgIpc) is 2.44. The fraction of sp³-hybridized carbons (Fsp3) is 0.611. The van der Waals surface area contributed by atoms with E-state index in [0.717, 1.165) is 25.3 Å². The van der Waals surface area contributed by atoms with E-state index in [1.807, 2.05) is 0 Å². The van der Waals surface area contributed by atoms with Crippen LogP contribution in [0.5, 0.6) is 0 Å². The third kappa shape index (κ3) is 6.30. The van der Waals surface area contributed by atoms with Gasteiger partial charge in [-0.2, -0.15) is 0 Å². The maximum Gasteiger partial charge on any atom is 0.193 e. The highest BCUT2D eigenvalue weighted by Crippen LogP contribution is 2.26. The predicted octanol–water partition coefficient (Wildman–Crippen LogP) is 4.10. The average molecular weight is 431 g/mol. The van der Waals surface area contributed by atoms with Crippen molar-refractivity contribution < 1.29 is 4.74 Å². The maximum absolute atomic E-state index is 6.04. The minimum absolute atomic E-state index is 0. The largest absolute Gasteiger partial charge is 0.378 e. The Morgan fingerprint density at radius 2 is 1.96 bits per heavy atom. The summed E-state index contributed by atoms with van der Waals surface area (Å²) in [5.41, 5.74) is 9.48. The van der Waals surface area contributed by atoms with E-state index in [1.165, 1.54) is 17.5 Å². The van der Waals surface area contributed by atoms with Crippen molar-refractivity contribution in [3.63, 3.8) is 0 Å². The van der Waals surface area contributed by atoms with Gasteiger partial charge in [-0.3, -0.25) is 4.99 Å². The number of halogens is 1. The molecule has 0 amide bonds. The van der Waals surface area contributed by atoms with E-state index >= 15 is 0 Å². The molecule has 1 aromatic carbocycles. The number of hydrogen-bond donors (Lipinski definition) is 2. The van der Waals surface area contributed by atoms with Gasteiger partial charge in [0.1, 0.15) is 0 Å². The summed E-state index contributed by atoms with van der Waals surface area (Å²) in [7, 11) is 0. The Balaban J connectivity index is 0.00000264. The molecule has 23 heavy (non-hydrogen) atoms. The van der Waals surface area contributed by atoms with E-state index in [-0.39, 0.29) is 24.0 Å². The van der Waals surface area contributed by atoms with Crippen molar-refractivity contribution in [1.82, 2.24) is 0 Å². The summed E-state index contributed by atoms with van der Waals surface area (Å²) in [4.78, 5) is 4.54. The van der Waals surface area contributed by atoms with Crippen molar-refractivity contribution in [2.45, 2.75) is 46.6 Å². The molecule has 1 aromatic rings. The number of nitrogens with zero attached hydrogens (tertiary/aromatic N) is 1. The van der Waals surface area contributed by atoms with Crippen molar-refractivity contribution in [1.29, 1.82) is 0 Å². The fourth-order valence-electron chi connectivity index (χ4n) is 3.25. The third-order valence-corrected chi connectivity index (χ3v) is 4.14. The van der Waals surface area contributed by atoms with Crippen LogP contribution in [0.4, 0.5) is 5.69 Å². The zero-order valence-electron chi connectivity index (χ0n) is 14.6. The molecule has 0 bridgehead atoms. The fourth-order valence-corrected chi connectivity index (χ4v) is 3.25. The van der Waals surface area contributed by atoms with Crippen LogP contribution in [0.15, 0.2) is 23.2 Å². The van der Waals surface area contributed by atoms with Crippen LogP contribution in [0.1, 0.15) is 37.8 Å². The van der Waals surface area contributed by atoms with Crippen molar-refractivity contribution >= 4 is 35.6 Å². The lowest BCUT2D eigenvalue weighted by Gasteiger charge is -2.33. The smallest absolute Gasteiger partial charge is 0.193 e. The van der Waals surface area contributed by atoms with Gasteiger partial charge < -0.3 is 15.8 Å². The van der Waals surface area contributed by atoms with Gasteiger partial charge in [-0.1, -0.05) is 19.9 Å². The van der Waals surface area contributed by atoms with E-state index in [0.29, 0.717) is 23.9 Å². The highest BCUT2D eigenvalue weighted by Gasteiger charge is 2.28. The number of nitrogens with two attached hydrogens (primary N) is 1. The van der Waals surface area contributed by atoms with Crippen LogP contribution in [0.2, 0.25) is 0 Å². The van der Waals surface area contributed by atoms with E-state index in [4.69, 9.17) is 10.5 Å². The SMILES string of the molecule is Cc1cc(C)cc(NC(N)=NCC2CCCOC2C(C)C)c1.I. The predicted molar refractivity (Wildman–Crippen MR) is 109 cm³/mol. The molecule has 0 aromatic heterocycles. The highest BCUT2D eigenvalue weighted by atomic mass is 127. The molecular formula is C18H30IN3O. The molecule has 0 spiro atoms. The molecule has 1 saturated heterocycles. The van der Waals surface area contributed by atoms with Crippen molar-refractivity contribution in [2.75, 3.05) is 18.5 Å². The molecule has 3 N–H and O–H groups in total. The summed E-state index contributed by atoms with van der Waals surface area (Å²) in [6.07, 6.45) is 2.59. The second-order valence-corrected chi connectivity index (χ2v) is 6.71. The van der Waals surface area contributed by atoms with Crippen LogP contribution in [0, 0.1) is 25.7 Å². The second-order valence-electron chi connectivity index (χ2n) is 6.71. The third-order valence-electron chi connectivity index (χ3n) is 4.14. The number of guanidine groups is 1. The Morgan fingerprint density at radius 1 is 1.30 bits per heavy atom. The standard InChI is InChI=1S/C18H29N3O.HI/c1-12(2)17-15(6-5-7-22-17)11-20-18(19)21-16-9-13(3)8-14(4)10-16;/h8-10,12,15,17H,5-7,11H2,1-4H3,(H3,19,20,21);1H. The lowest BCUT2D eigenvalue weighted by Crippen LogP contribution is -2.36. The molecular weight excluding hydrogens is 401 g/mol. The molecule has 2 unspecified atom stereocenters. The molecule has 1 aliphatic heterocycles. The van der Waals surface area contributed by atoms with Crippen LogP contribution in [0.25, 0.3) is 0 Å². The van der Waals surface area contributed by atoms with Crippen LogP contribution < -0.4 is 11.1 Å². The Hall–Kier alpha value is -0.820. The molecule has 2 atom stereocenters. The molecule has 0 aliphatic carbocycles. The van der Waals surface area contributed by atoms with Crippen LogP contribution in [-0.4, -0.2) is 25.2 Å². The first-order valence-corrected chi connectivity index (χ1v) is 8.22. The zero-order valence-corrected chi connectivity index (χ0v) is 17.0. The van der Waals surface area contributed by atoms with Gasteiger partial charge in [0, 0.05) is 24.8 Å². The number of hydrogen-bond acceptors (Lipinski definition) is 2. The molecule has 5 heteroatoms. The molecule has 0 saturated carbocycles. The van der Waals surface area contributed by atoms with Crippen LogP contribution in [-0.2, 0) is 4.74 Å². The zero-order chi connectivity index (χ0) is 16.1. The quantitative estimate of drug-likeness (QED) is 0.429.